The summed E-state index contributed by atoms with van der Waals surface area (Å²) in [6.45, 7) is 7.67. The zero-order valence-corrected chi connectivity index (χ0v) is 18.2. The third-order valence-electron chi connectivity index (χ3n) is 5.20. The Bertz CT molecular complexity index is 865. The lowest BCUT2D eigenvalue weighted by molar-refractivity contribution is -0.139. The zero-order valence-electron chi connectivity index (χ0n) is 18.2. The van der Waals surface area contributed by atoms with Crippen LogP contribution in [0.4, 0.5) is 0 Å². The van der Waals surface area contributed by atoms with Crippen LogP contribution >= 0.6 is 0 Å². The minimum atomic E-state index is -0.287. The summed E-state index contributed by atoms with van der Waals surface area (Å²) in [6.07, 6.45) is 1.96. The average molecular weight is 417 g/mol. The van der Waals surface area contributed by atoms with Gasteiger partial charge in [0.2, 0.25) is 0 Å². The minimum Gasteiger partial charge on any atom is -0.371 e. The maximum atomic E-state index is 6.39. The maximum absolute atomic E-state index is 6.39. The van der Waals surface area contributed by atoms with E-state index in [1.807, 2.05) is 60.7 Å². The van der Waals surface area contributed by atoms with E-state index in [1.54, 1.807) is 0 Å². The molecule has 0 unspecified atom stereocenters. The summed E-state index contributed by atoms with van der Waals surface area (Å²) < 4.78 is 18.9. The normalized spacial score (nSPS) is 14.0. The molecule has 0 amide bonds. The van der Waals surface area contributed by atoms with Gasteiger partial charge in [-0.25, -0.2) is 0 Å². The lowest BCUT2D eigenvalue weighted by atomic mass is 10.0. The summed E-state index contributed by atoms with van der Waals surface area (Å²) in [7, 11) is 0. The second-order valence-corrected chi connectivity index (χ2v) is 7.50. The smallest absolute Gasteiger partial charge is 0.114 e. The highest BCUT2D eigenvalue weighted by molar-refractivity contribution is 5.15. The molecule has 0 heterocycles. The van der Waals surface area contributed by atoms with Crippen molar-refractivity contribution in [1.29, 1.82) is 0 Å². The molecular formula is C28H32O3. The molecule has 3 atom stereocenters. The highest BCUT2D eigenvalue weighted by atomic mass is 16.6. The Morgan fingerprint density at radius 3 is 1.48 bits per heavy atom. The Hall–Kier alpha value is -2.72. The summed E-state index contributed by atoms with van der Waals surface area (Å²) in [5.74, 6) is 0. The summed E-state index contributed by atoms with van der Waals surface area (Å²) in [5, 5.41) is 0. The fraction of sp³-hybridized carbons (Fsp3) is 0.286. The predicted molar refractivity (Wildman–Crippen MR) is 126 cm³/mol. The molecule has 3 heteroatoms. The van der Waals surface area contributed by atoms with Crippen LogP contribution in [0.25, 0.3) is 0 Å². The molecule has 31 heavy (non-hydrogen) atoms. The van der Waals surface area contributed by atoms with Gasteiger partial charge in [-0.3, -0.25) is 0 Å². The molecule has 3 nitrogen and oxygen atoms in total. The van der Waals surface area contributed by atoms with Crippen LogP contribution in [0.15, 0.2) is 104 Å². The van der Waals surface area contributed by atoms with Crippen molar-refractivity contribution < 1.29 is 14.2 Å². The molecule has 0 aliphatic rings. The second-order valence-electron chi connectivity index (χ2n) is 7.50. The van der Waals surface area contributed by atoms with Gasteiger partial charge in [0, 0.05) is 0 Å². The van der Waals surface area contributed by atoms with E-state index in [-0.39, 0.29) is 18.3 Å². The molecule has 162 valence electrons. The highest BCUT2D eigenvalue weighted by Crippen LogP contribution is 2.21. The van der Waals surface area contributed by atoms with Crippen molar-refractivity contribution in [3.8, 4) is 0 Å². The van der Waals surface area contributed by atoms with Gasteiger partial charge in [-0.1, -0.05) is 104 Å². The first-order valence-corrected chi connectivity index (χ1v) is 10.9. The molecule has 0 radical (unpaired) electrons. The van der Waals surface area contributed by atoms with E-state index < -0.39 is 0 Å². The monoisotopic (exact) mass is 416 g/mol. The molecule has 0 saturated carbocycles. The van der Waals surface area contributed by atoms with Crippen molar-refractivity contribution in [3.63, 3.8) is 0 Å². The molecule has 0 aliphatic heterocycles. The van der Waals surface area contributed by atoms with Crippen molar-refractivity contribution in [2.45, 2.75) is 51.5 Å². The van der Waals surface area contributed by atoms with Crippen molar-refractivity contribution >= 4 is 0 Å². The third kappa shape index (κ3) is 7.48. The predicted octanol–water partition coefficient (Wildman–Crippen LogP) is 6.34. The molecule has 0 saturated heterocycles. The van der Waals surface area contributed by atoms with E-state index in [0.717, 1.165) is 23.1 Å². The summed E-state index contributed by atoms with van der Waals surface area (Å²) in [6, 6.07) is 30.5. The van der Waals surface area contributed by atoms with Gasteiger partial charge >= 0.3 is 0 Å². The zero-order chi connectivity index (χ0) is 21.7. The van der Waals surface area contributed by atoms with E-state index >= 15 is 0 Å². The van der Waals surface area contributed by atoms with Crippen LogP contribution in [0.2, 0.25) is 0 Å². The van der Waals surface area contributed by atoms with Crippen LogP contribution in [0.5, 0.6) is 0 Å². The fourth-order valence-corrected chi connectivity index (χ4v) is 3.47. The van der Waals surface area contributed by atoms with Crippen LogP contribution in [-0.4, -0.2) is 18.3 Å². The lowest BCUT2D eigenvalue weighted by Crippen LogP contribution is -2.41. The number of ether oxygens (including phenoxy) is 3. The van der Waals surface area contributed by atoms with E-state index in [1.165, 1.54) is 0 Å². The van der Waals surface area contributed by atoms with Crippen molar-refractivity contribution in [3.05, 3.63) is 120 Å². The molecule has 0 aliphatic carbocycles. The third-order valence-corrected chi connectivity index (χ3v) is 5.20. The van der Waals surface area contributed by atoms with Crippen LogP contribution in [0.1, 0.15) is 30.0 Å². The molecule has 3 aromatic rings. The largest absolute Gasteiger partial charge is 0.371 e. The van der Waals surface area contributed by atoms with Gasteiger partial charge in [-0.2, -0.15) is 0 Å². The molecule has 0 spiro atoms. The van der Waals surface area contributed by atoms with E-state index in [0.29, 0.717) is 19.8 Å². The minimum absolute atomic E-state index is 0.123. The summed E-state index contributed by atoms with van der Waals surface area (Å²) >= 11 is 0. The topological polar surface area (TPSA) is 27.7 Å². The Kier molecular flexibility index (Phi) is 9.52. The maximum Gasteiger partial charge on any atom is 0.114 e. The van der Waals surface area contributed by atoms with Crippen LogP contribution in [0.3, 0.4) is 0 Å². The lowest BCUT2D eigenvalue weighted by Gasteiger charge is -2.32. The van der Waals surface area contributed by atoms with Gasteiger partial charge in [0.1, 0.15) is 12.2 Å². The van der Waals surface area contributed by atoms with E-state index in [2.05, 4.69) is 49.9 Å². The molecule has 3 rings (SSSR count). The Labute approximate surface area is 186 Å². The van der Waals surface area contributed by atoms with Gasteiger partial charge < -0.3 is 14.2 Å². The van der Waals surface area contributed by atoms with Crippen molar-refractivity contribution in [1.82, 2.24) is 0 Å². The highest BCUT2D eigenvalue weighted by Gasteiger charge is 2.29. The molecule has 3 aromatic carbocycles. The van der Waals surface area contributed by atoms with Gasteiger partial charge in [0.15, 0.2) is 0 Å². The Morgan fingerprint density at radius 2 is 1.06 bits per heavy atom. The molecule has 0 aromatic heterocycles. The quantitative estimate of drug-likeness (QED) is 0.304. The first-order chi connectivity index (χ1) is 15.3. The molecule has 0 fully saturated rings. The fourth-order valence-electron chi connectivity index (χ4n) is 3.47. The SMILES string of the molecule is C=C[C@H](OCc1ccccc1)[C@H](OCc1ccccc1)[C@@H](CC)OCc1ccccc1. The van der Waals surface area contributed by atoms with Crippen molar-refractivity contribution in [2.75, 3.05) is 0 Å². The number of hydrogen-bond acceptors (Lipinski definition) is 3. The van der Waals surface area contributed by atoms with Crippen molar-refractivity contribution in [2.24, 2.45) is 0 Å². The summed E-state index contributed by atoms with van der Waals surface area (Å²) in [5.41, 5.74) is 3.38. The van der Waals surface area contributed by atoms with Crippen LogP contribution in [-0.2, 0) is 34.0 Å². The molecule has 0 bridgehead atoms. The van der Waals surface area contributed by atoms with Crippen LogP contribution in [0, 0.1) is 0 Å². The molecular weight excluding hydrogens is 384 g/mol. The first kappa shape index (κ1) is 23.0. The van der Waals surface area contributed by atoms with E-state index in [9.17, 15) is 0 Å². The van der Waals surface area contributed by atoms with Gasteiger partial charge in [0.25, 0.3) is 0 Å². The Morgan fingerprint density at radius 1 is 0.645 bits per heavy atom. The number of rotatable bonds is 13. The summed E-state index contributed by atoms with van der Waals surface area (Å²) in [4.78, 5) is 0. The average Bonchev–Trinajstić information content (AvgIpc) is 2.84. The first-order valence-electron chi connectivity index (χ1n) is 10.9. The van der Waals surface area contributed by atoms with Crippen LogP contribution < -0.4 is 0 Å². The standard InChI is InChI=1S/C28H32O3/c1-3-26(29-20-23-14-8-5-9-15-23)28(31-22-25-18-12-7-13-19-25)27(4-2)30-21-24-16-10-6-11-17-24/h3,5-19,26-28H,1,4,20-22H2,2H3/t26-,27+,28-/m0/s1. The van der Waals surface area contributed by atoms with Gasteiger partial charge in [-0.15, -0.1) is 6.58 Å². The number of benzene rings is 3. The number of hydrogen-bond donors (Lipinski definition) is 0. The second kappa shape index (κ2) is 12.9. The van der Waals surface area contributed by atoms with Gasteiger partial charge in [0.05, 0.1) is 25.9 Å². The van der Waals surface area contributed by atoms with Gasteiger partial charge in [-0.05, 0) is 23.1 Å². The Balaban J connectivity index is 1.71. The molecule has 0 N–H and O–H groups in total. The van der Waals surface area contributed by atoms with E-state index in [4.69, 9.17) is 14.2 Å².